The van der Waals surface area contributed by atoms with Crippen LogP contribution in [0.4, 0.5) is 26.3 Å². The summed E-state index contributed by atoms with van der Waals surface area (Å²) in [5.74, 6) is -4.39. The van der Waals surface area contributed by atoms with Crippen molar-refractivity contribution in [2.24, 2.45) is 17.4 Å². The van der Waals surface area contributed by atoms with Crippen LogP contribution in [0.25, 0.3) is 11.1 Å². The van der Waals surface area contributed by atoms with Gasteiger partial charge in [0.2, 0.25) is 23.4 Å². The SMILES string of the molecule is C.CCOC(=O)C(F)F.NC(=O)CC(N)=O.O=c1cc(CCCC2CC2)c2c(=O)[nH]c(C(F)F)nc2o1.O=c1cc(O)nc(C(F)F)[nH]1. The lowest BCUT2D eigenvalue weighted by Gasteiger charge is -2.05. The van der Waals surface area contributed by atoms with Crippen molar-refractivity contribution in [1.82, 2.24) is 19.9 Å². The number of aromatic nitrogens is 4. The van der Waals surface area contributed by atoms with E-state index >= 15 is 0 Å². The third kappa shape index (κ3) is 16.4. The first-order valence-electron chi connectivity index (χ1n) is 13.4. The molecule has 1 fully saturated rings. The molecule has 2 amide bonds. The van der Waals surface area contributed by atoms with Crippen molar-refractivity contribution < 1.29 is 55.0 Å². The highest BCUT2D eigenvalue weighted by molar-refractivity contribution is 5.95. The Morgan fingerprint density at radius 3 is 1.96 bits per heavy atom. The van der Waals surface area contributed by atoms with E-state index in [9.17, 15) is 55.1 Å². The first-order valence-corrected chi connectivity index (χ1v) is 13.4. The lowest BCUT2D eigenvalue weighted by Crippen LogP contribution is -2.21. The first kappa shape index (κ1) is 42.8. The lowest BCUT2D eigenvalue weighted by molar-refractivity contribution is -0.155. The Kier molecular flexibility index (Phi) is 18.5. The Hall–Kier alpha value is -5.24. The van der Waals surface area contributed by atoms with Gasteiger partial charge in [-0.05, 0) is 31.2 Å². The second-order valence-electron chi connectivity index (χ2n) is 9.31. The third-order valence-corrected chi connectivity index (χ3v) is 5.44. The number of hydrogen-bond donors (Lipinski definition) is 5. The Labute approximate surface area is 266 Å². The number of rotatable bonds is 10. The number of carbonyl (C=O) groups excluding carboxylic acids is 3. The van der Waals surface area contributed by atoms with Crippen molar-refractivity contribution in [2.75, 3.05) is 6.61 Å². The second-order valence-corrected chi connectivity index (χ2v) is 9.31. The van der Waals surface area contributed by atoms with E-state index in [4.69, 9.17) is 9.52 Å². The van der Waals surface area contributed by atoms with E-state index in [1.54, 1.807) is 4.98 Å². The van der Waals surface area contributed by atoms with E-state index in [0.29, 0.717) is 18.1 Å². The number of aromatic hydroxyl groups is 1. The molecule has 3 aromatic rings. The highest BCUT2D eigenvalue weighted by atomic mass is 19.3. The summed E-state index contributed by atoms with van der Waals surface area (Å²) in [7, 11) is 0. The van der Waals surface area contributed by atoms with E-state index in [1.165, 1.54) is 25.8 Å². The zero-order chi connectivity index (χ0) is 35.8. The molecule has 0 spiro atoms. The van der Waals surface area contributed by atoms with Gasteiger partial charge in [-0.1, -0.05) is 26.7 Å². The zero-order valence-electron chi connectivity index (χ0n) is 24.4. The molecule has 0 aliphatic heterocycles. The minimum Gasteiger partial charge on any atom is -0.493 e. The zero-order valence-corrected chi connectivity index (χ0v) is 24.4. The van der Waals surface area contributed by atoms with Crippen molar-refractivity contribution in [1.29, 1.82) is 0 Å². The number of alkyl halides is 6. The number of esters is 1. The minimum absolute atomic E-state index is 0. The Balaban J connectivity index is 0.000000691. The second kappa shape index (κ2) is 20.8. The molecule has 268 valence electrons. The Morgan fingerprint density at radius 1 is 0.979 bits per heavy atom. The normalized spacial score (nSPS) is 11.7. The highest BCUT2D eigenvalue weighted by Crippen LogP contribution is 2.34. The number of aryl methyl sites for hydroxylation is 1. The minimum atomic E-state index is -2.99. The van der Waals surface area contributed by atoms with E-state index in [1.807, 2.05) is 4.98 Å². The van der Waals surface area contributed by atoms with Gasteiger partial charge in [-0.15, -0.1) is 0 Å². The molecule has 7 N–H and O–H groups in total. The highest BCUT2D eigenvalue weighted by Gasteiger charge is 2.21. The topological polar surface area (TPSA) is 254 Å². The summed E-state index contributed by atoms with van der Waals surface area (Å²) >= 11 is 0. The average molecular weight is 701 g/mol. The standard InChI is InChI=1S/C14H14F2N2O3.C5H4F2N2O2.C4H6F2O2.C3H6N2O2.CH4/c15-11(16)12-17-13(20)10-8(3-1-2-7-4-5-7)6-9(19)21-14(10)18-12;6-4(7)5-8-2(10)1-3(11)9-5;1-2-8-4(7)3(5)6;4-2(6)1-3(5)7;/h6-7,11H,1-5H2,(H,17,18,20);1,4H,(H2,8,9,10,11);3H,2H2,1H3;1H2,(H2,4,6)(H2,5,7);1H4. The molecular weight excluding hydrogens is 666 g/mol. The van der Waals surface area contributed by atoms with Crippen LogP contribution in [0.1, 0.15) is 76.5 Å². The molecule has 21 heteroatoms. The molecule has 1 aliphatic rings. The van der Waals surface area contributed by atoms with Crippen LogP contribution in [0.15, 0.2) is 30.9 Å². The molecule has 0 aromatic carbocycles. The maximum Gasteiger partial charge on any atom is 0.373 e. The quantitative estimate of drug-likeness (QED) is 0.117. The number of aromatic amines is 2. The summed E-state index contributed by atoms with van der Waals surface area (Å²) in [5.41, 5.74) is 7.13. The average Bonchev–Trinajstić information content (AvgIpc) is 3.77. The summed E-state index contributed by atoms with van der Waals surface area (Å²) < 4.78 is 79.8. The van der Waals surface area contributed by atoms with Crippen molar-refractivity contribution in [3.8, 4) is 5.88 Å². The Morgan fingerprint density at radius 2 is 1.54 bits per heavy atom. The maximum atomic E-state index is 12.6. The monoisotopic (exact) mass is 700 g/mol. The number of nitrogens with zero attached hydrogens (tertiary/aromatic N) is 2. The summed E-state index contributed by atoms with van der Waals surface area (Å²) in [6.07, 6.45) is -4.26. The number of amides is 2. The summed E-state index contributed by atoms with van der Waals surface area (Å²) in [5, 5.41) is 8.67. The van der Waals surface area contributed by atoms with Gasteiger partial charge in [-0.3, -0.25) is 19.2 Å². The number of H-pyrrole nitrogens is 2. The summed E-state index contributed by atoms with van der Waals surface area (Å²) in [4.78, 5) is 73.5. The fraction of sp³-hybridized carbons (Fsp3) is 0.481. The fourth-order valence-corrected chi connectivity index (χ4v) is 3.40. The summed E-state index contributed by atoms with van der Waals surface area (Å²) in [6.45, 7) is 1.48. The van der Waals surface area contributed by atoms with Crippen LogP contribution in [0.2, 0.25) is 0 Å². The van der Waals surface area contributed by atoms with Crippen LogP contribution in [0, 0.1) is 5.92 Å². The van der Waals surface area contributed by atoms with Crippen molar-refractivity contribution in [2.45, 2.75) is 72.2 Å². The number of nitrogens with two attached hydrogens (primary N) is 2. The molecule has 1 saturated carbocycles. The van der Waals surface area contributed by atoms with E-state index in [-0.39, 0.29) is 31.6 Å². The first-order chi connectivity index (χ1) is 21.9. The van der Waals surface area contributed by atoms with Gasteiger partial charge in [-0.2, -0.15) is 18.7 Å². The van der Waals surface area contributed by atoms with Gasteiger partial charge in [0.25, 0.3) is 24.0 Å². The summed E-state index contributed by atoms with van der Waals surface area (Å²) in [6, 6.07) is 1.96. The molecule has 3 heterocycles. The lowest BCUT2D eigenvalue weighted by atomic mass is 10.1. The van der Waals surface area contributed by atoms with Gasteiger partial charge in [0.1, 0.15) is 11.8 Å². The third-order valence-electron chi connectivity index (χ3n) is 5.44. The predicted octanol–water partition coefficient (Wildman–Crippen LogP) is 2.76. The van der Waals surface area contributed by atoms with Gasteiger partial charge < -0.3 is 35.7 Å². The van der Waals surface area contributed by atoms with Crippen molar-refractivity contribution >= 4 is 28.9 Å². The van der Waals surface area contributed by atoms with Crippen molar-refractivity contribution in [3.63, 3.8) is 0 Å². The van der Waals surface area contributed by atoms with Crippen LogP contribution < -0.4 is 28.2 Å². The smallest absolute Gasteiger partial charge is 0.373 e. The number of hydrogen-bond acceptors (Lipinski definition) is 11. The van der Waals surface area contributed by atoms with Crippen LogP contribution in [-0.4, -0.2) is 55.9 Å². The van der Waals surface area contributed by atoms with E-state index in [2.05, 4.69) is 26.2 Å². The van der Waals surface area contributed by atoms with Crippen LogP contribution >= 0.6 is 0 Å². The van der Waals surface area contributed by atoms with Gasteiger partial charge in [0.05, 0.1) is 12.7 Å². The number of primary amides is 2. The molecule has 15 nitrogen and oxygen atoms in total. The maximum absolute atomic E-state index is 12.6. The van der Waals surface area contributed by atoms with E-state index in [0.717, 1.165) is 18.8 Å². The van der Waals surface area contributed by atoms with Crippen LogP contribution in [0.3, 0.4) is 0 Å². The molecule has 48 heavy (non-hydrogen) atoms. The molecule has 0 saturated heterocycles. The van der Waals surface area contributed by atoms with E-state index < -0.39 is 71.3 Å². The molecule has 1 aliphatic carbocycles. The van der Waals surface area contributed by atoms with Gasteiger partial charge in [0, 0.05) is 6.07 Å². The Bertz CT molecular complexity index is 1660. The molecule has 0 radical (unpaired) electrons. The number of carbonyl (C=O) groups is 3. The largest absolute Gasteiger partial charge is 0.493 e. The van der Waals surface area contributed by atoms with Gasteiger partial charge >= 0.3 is 18.0 Å². The fourth-order valence-electron chi connectivity index (χ4n) is 3.40. The molecule has 0 bridgehead atoms. The number of nitrogens with one attached hydrogen (secondary N) is 2. The number of fused-ring (bicyclic) bond motifs is 1. The molecule has 4 rings (SSSR count). The van der Waals surface area contributed by atoms with Gasteiger partial charge in [0.15, 0.2) is 11.6 Å². The molecule has 0 atom stereocenters. The predicted molar refractivity (Wildman–Crippen MR) is 155 cm³/mol. The van der Waals surface area contributed by atoms with Crippen LogP contribution in [-0.2, 0) is 25.5 Å². The molecule has 3 aromatic heterocycles. The van der Waals surface area contributed by atoms with Crippen molar-refractivity contribution in [3.05, 3.63) is 60.5 Å². The molecular formula is C27H34F6N6O9. The van der Waals surface area contributed by atoms with Gasteiger partial charge in [-0.25, -0.2) is 27.2 Å². The van der Waals surface area contributed by atoms with Crippen LogP contribution in [0.5, 0.6) is 5.88 Å². The molecule has 0 unspecified atom stereocenters. The number of ether oxygens (including phenoxy) is 1. The number of halogens is 6.